The molecule has 0 spiro atoms. The zero-order chi connectivity index (χ0) is 15.4. The summed E-state index contributed by atoms with van der Waals surface area (Å²) in [5, 5.41) is 9.91. The summed E-state index contributed by atoms with van der Waals surface area (Å²) >= 11 is 0. The molecule has 1 atom stereocenters. The smallest absolute Gasteiger partial charge is 0.134 e. The molecule has 0 fully saturated rings. The van der Waals surface area contributed by atoms with Gasteiger partial charge in [-0.1, -0.05) is 12.1 Å². The lowest BCUT2D eigenvalue weighted by Gasteiger charge is -2.13. The first-order valence-electron chi connectivity index (χ1n) is 6.46. The molecule has 0 amide bonds. The maximum atomic E-state index is 13.5. The Hall–Kier alpha value is -2.01. The number of hydrogen-bond acceptors (Lipinski definition) is 2. The van der Waals surface area contributed by atoms with Crippen molar-refractivity contribution in [2.75, 3.05) is 7.11 Å². The highest BCUT2D eigenvalue weighted by Gasteiger charge is 2.19. The first-order chi connectivity index (χ1) is 10.0. The lowest BCUT2D eigenvalue weighted by molar-refractivity contribution is 0.158. The van der Waals surface area contributed by atoms with Gasteiger partial charge in [-0.2, -0.15) is 0 Å². The van der Waals surface area contributed by atoms with Crippen LogP contribution in [-0.2, 0) is 6.42 Å². The van der Waals surface area contributed by atoms with Crippen LogP contribution in [0.5, 0.6) is 5.75 Å². The number of rotatable bonds is 5. The molecule has 2 aromatic carbocycles. The number of benzene rings is 2. The van der Waals surface area contributed by atoms with Gasteiger partial charge in [-0.3, -0.25) is 0 Å². The van der Waals surface area contributed by atoms with Gasteiger partial charge in [-0.05, 0) is 30.5 Å². The number of halogens is 3. The van der Waals surface area contributed by atoms with E-state index in [2.05, 4.69) is 0 Å². The van der Waals surface area contributed by atoms with Crippen molar-refractivity contribution in [1.29, 1.82) is 0 Å². The minimum atomic E-state index is -1.33. The Labute approximate surface area is 120 Å². The molecule has 0 aromatic heterocycles. The third kappa shape index (κ3) is 3.76. The molecule has 0 bridgehead atoms. The summed E-state index contributed by atoms with van der Waals surface area (Å²) < 4.78 is 44.9. The van der Waals surface area contributed by atoms with E-state index in [-0.39, 0.29) is 6.42 Å². The largest absolute Gasteiger partial charge is 0.497 e. The van der Waals surface area contributed by atoms with Crippen molar-refractivity contribution in [3.63, 3.8) is 0 Å². The number of aryl methyl sites for hydroxylation is 1. The molecule has 1 N–H and O–H groups in total. The molecule has 0 aliphatic heterocycles. The monoisotopic (exact) mass is 296 g/mol. The minimum Gasteiger partial charge on any atom is -0.497 e. The van der Waals surface area contributed by atoms with Gasteiger partial charge in [-0.15, -0.1) is 0 Å². The van der Waals surface area contributed by atoms with Crippen molar-refractivity contribution < 1.29 is 23.0 Å². The van der Waals surface area contributed by atoms with Gasteiger partial charge in [0.2, 0.25) is 0 Å². The fraction of sp³-hybridized carbons (Fsp3) is 0.250. The Balaban J connectivity index is 2.06. The molecule has 2 nitrogen and oxygen atoms in total. The van der Waals surface area contributed by atoms with Crippen LogP contribution in [0.2, 0.25) is 0 Å². The van der Waals surface area contributed by atoms with Crippen LogP contribution >= 0.6 is 0 Å². The second-order valence-electron chi connectivity index (χ2n) is 4.69. The third-order valence-electron chi connectivity index (χ3n) is 3.24. The Morgan fingerprint density at radius 1 is 1.05 bits per heavy atom. The number of methoxy groups -OCH3 is 1. The van der Waals surface area contributed by atoms with Crippen LogP contribution in [0.15, 0.2) is 36.4 Å². The molecule has 21 heavy (non-hydrogen) atoms. The topological polar surface area (TPSA) is 29.5 Å². The van der Waals surface area contributed by atoms with E-state index in [0.29, 0.717) is 24.3 Å². The lowest BCUT2D eigenvalue weighted by Crippen LogP contribution is -2.06. The second kappa shape index (κ2) is 6.63. The summed E-state index contributed by atoms with van der Waals surface area (Å²) in [7, 11) is 1.55. The summed E-state index contributed by atoms with van der Waals surface area (Å²) in [6.45, 7) is 0. The summed E-state index contributed by atoms with van der Waals surface area (Å²) in [5.41, 5.74) is 0.405. The van der Waals surface area contributed by atoms with E-state index in [1.165, 1.54) is 0 Å². The molecular weight excluding hydrogens is 281 g/mol. The van der Waals surface area contributed by atoms with Gasteiger partial charge >= 0.3 is 0 Å². The highest BCUT2D eigenvalue weighted by molar-refractivity contribution is 5.28. The van der Waals surface area contributed by atoms with E-state index >= 15 is 0 Å². The maximum absolute atomic E-state index is 13.5. The van der Waals surface area contributed by atoms with E-state index in [4.69, 9.17) is 4.74 Å². The Kier molecular flexibility index (Phi) is 4.85. The summed E-state index contributed by atoms with van der Waals surface area (Å²) in [4.78, 5) is 0. The van der Waals surface area contributed by atoms with Crippen molar-refractivity contribution in [2.45, 2.75) is 18.9 Å². The average Bonchev–Trinajstić information content (AvgIpc) is 2.44. The molecular formula is C16H15F3O2. The Morgan fingerprint density at radius 3 is 2.14 bits per heavy atom. The van der Waals surface area contributed by atoms with E-state index in [1.807, 2.05) is 12.1 Å². The lowest BCUT2D eigenvalue weighted by atomic mass is 10.0. The van der Waals surface area contributed by atoms with E-state index in [9.17, 15) is 18.3 Å². The molecule has 2 rings (SSSR count). The molecule has 1 unspecified atom stereocenters. The molecule has 0 aliphatic carbocycles. The number of ether oxygens (including phenoxy) is 1. The van der Waals surface area contributed by atoms with Crippen LogP contribution in [0, 0.1) is 17.5 Å². The normalized spacial score (nSPS) is 12.2. The van der Waals surface area contributed by atoms with Gasteiger partial charge < -0.3 is 9.84 Å². The standard InChI is InChI=1S/C16H15F3O2/c1-21-12-5-2-10(3-6-12)4-7-15(20)16-13(18)8-11(17)9-14(16)19/h2-3,5-6,8-9,15,20H,4,7H2,1H3. The first-order valence-corrected chi connectivity index (χ1v) is 6.46. The zero-order valence-electron chi connectivity index (χ0n) is 11.4. The predicted octanol–water partition coefficient (Wildman–Crippen LogP) is 3.78. The van der Waals surface area contributed by atoms with Crippen molar-refractivity contribution in [2.24, 2.45) is 0 Å². The number of aliphatic hydroxyl groups excluding tert-OH is 1. The molecule has 0 heterocycles. The Bertz CT molecular complexity index is 588. The van der Waals surface area contributed by atoms with E-state index in [1.54, 1.807) is 19.2 Å². The molecule has 2 aromatic rings. The first kappa shape index (κ1) is 15.4. The van der Waals surface area contributed by atoms with Crippen LogP contribution < -0.4 is 4.74 Å². The van der Waals surface area contributed by atoms with Gasteiger partial charge in [0.05, 0.1) is 18.8 Å². The van der Waals surface area contributed by atoms with E-state index < -0.39 is 29.1 Å². The van der Waals surface area contributed by atoms with Gasteiger partial charge in [0, 0.05) is 12.1 Å². The second-order valence-corrected chi connectivity index (χ2v) is 4.69. The van der Waals surface area contributed by atoms with Gasteiger partial charge in [0.25, 0.3) is 0 Å². The van der Waals surface area contributed by atoms with Crippen molar-refractivity contribution in [1.82, 2.24) is 0 Å². The quantitative estimate of drug-likeness (QED) is 0.910. The zero-order valence-corrected chi connectivity index (χ0v) is 11.4. The molecule has 0 saturated carbocycles. The van der Waals surface area contributed by atoms with Crippen LogP contribution in [0.4, 0.5) is 13.2 Å². The minimum absolute atomic E-state index is 0.131. The molecule has 112 valence electrons. The summed E-state index contributed by atoms with van der Waals surface area (Å²) in [6, 6.07) is 8.28. The molecule has 5 heteroatoms. The van der Waals surface area contributed by atoms with Crippen molar-refractivity contribution in [3.05, 3.63) is 65.0 Å². The van der Waals surface area contributed by atoms with Crippen LogP contribution in [0.25, 0.3) is 0 Å². The van der Waals surface area contributed by atoms with Gasteiger partial charge in [0.1, 0.15) is 23.2 Å². The number of aliphatic hydroxyl groups is 1. The number of hydrogen-bond donors (Lipinski definition) is 1. The van der Waals surface area contributed by atoms with Gasteiger partial charge in [-0.25, -0.2) is 13.2 Å². The third-order valence-corrected chi connectivity index (χ3v) is 3.24. The van der Waals surface area contributed by atoms with Gasteiger partial charge in [0.15, 0.2) is 0 Å². The van der Waals surface area contributed by atoms with Crippen molar-refractivity contribution in [3.8, 4) is 5.75 Å². The molecule has 0 saturated heterocycles. The fourth-order valence-electron chi connectivity index (χ4n) is 2.11. The summed E-state index contributed by atoms with van der Waals surface area (Å²) in [6.07, 6.45) is -0.763. The average molecular weight is 296 g/mol. The predicted molar refractivity (Wildman–Crippen MR) is 72.6 cm³/mol. The SMILES string of the molecule is COc1ccc(CCC(O)c2c(F)cc(F)cc2F)cc1. The van der Waals surface area contributed by atoms with Crippen molar-refractivity contribution >= 4 is 0 Å². The van der Waals surface area contributed by atoms with Crippen LogP contribution in [0.1, 0.15) is 23.7 Å². The fourth-order valence-corrected chi connectivity index (χ4v) is 2.11. The molecule has 0 radical (unpaired) electrons. The van der Waals surface area contributed by atoms with Crippen LogP contribution in [0.3, 0.4) is 0 Å². The summed E-state index contributed by atoms with van der Waals surface area (Å²) in [5.74, 6) is -2.45. The molecule has 0 aliphatic rings. The van der Waals surface area contributed by atoms with Crippen LogP contribution in [-0.4, -0.2) is 12.2 Å². The maximum Gasteiger partial charge on any atom is 0.134 e. The van der Waals surface area contributed by atoms with E-state index in [0.717, 1.165) is 5.56 Å². The highest BCUT2D eigenvalue weighted by Crippen LogP contribution is 2.26. The highest BCUT2D eigenvalue weighted by atomic mass is 19.1. The Morgan fingerprint density at radius 2 is 1.62 bits per heavy atom.